The number of hydrogen-bond donors (Lipinski definition) is 1. The number of carbonyl (C=O) groups is 1. The van der Waals surface area contributed by atoms with Gasteiger partial charge >= 0.3 is 0 Å². The third-order valence-corrected chi connectivity index (χ3v) is 4.71. The molecular formula is C21H21FN6O2. The quantitative estimate of drug-likeness (QED) is 0.563. The summed E-state index contributed by atoms with van der Waals surface area (Å²) in [4.78, 5) is 34.1. The van der Waals surface area contributed by atoms with Crippen LogP contribution >= 0.6 is 0 Å². The molecule has 0 atom stereocenters. The van der Waals surface area contributed by atoms with Crippen LogP contribution in [0.15, 0.2) is 41.5 Å². The fourth-order valence-corrected chi connectivity index (χ4v) is 3.15. The molecule has 1 N–H and O–H groups in total. The van der Waals surface area contributed by atoms with E-state index in [1.807, 2.05) is 27.7 Å². The molecule has 9 heteroatoms. The molecule has 4 rings (SSSR count). The summed E-state index contributed by atoms with van der Waals surface area (Å²) < 4.78 is 16.0. The first-order valence-corrected chi connectivity index (χ1v) is 9.44. The van der Waals surface area contributed by atoms with Gasteiger partial charge in [0.2, 0.25) is 5.91 Å². The minimum absolute atomic E-state index is 0.202. The third-order valence-electron chi connectivity index (χ3n) is 4.71. The molecule has 154 valence electrons. The Kier molecular flexibility index (Phi) is 4.60. The molecule has 0 aliphatic carbocycles. The molecule has 0 aliphatic rings. The number of hydrogen-bond acceptors (Lipinski definition) is 5. The second-order valence-electron chi connectivity index (χ2n) is 8.23. The van der Waals surface area contributed by atoms with Gasteiger partial charge in [0.15, 0.2) is 5.65 Å². The molecule has 4 aromatic heterocycles. The van der Waals surface area contributed by atoms with Crippen LogP contribution in [0.25, 0.3) is 16.7 Å². The Morgan fingerprint density at radius 2 is 1.93 bits per heavy atom. The highest BCUT2D eigenvalue weighted by atomic mass is 19.1. The summed E-state index contributed by atoms with van der Waals surface area (Å²) in [7, 11) is 0. The van der Waals surface area contributed by atoms with Crippen molar-refractivity contribution < 1.29 is 9.18 Å². The number of carbonyl (C=O) groups excluding carboxylic acids is 1. The zero-order valence-electron chi connectivity index (χ0n) is 17.1. The number of rotatable bonds is 3. The Labute approximate surface area is 171 Å². The first-order chi connectivity index (χ1) is 14.1. The molecule has 0 fully saturated rings. The van der Waals surface area contributed by atoms with E-state index in [9.17, 15) is 14.0 Å². The van der Waals surface area contributed by atoms with Gasteiger partial charge in [-0.05, 0) is 30.7 Å². The zero-order chi connectivity index (χ0) is 21.6. The number of anilines is 1. The van der Waals surface area contributed by atoms with Gasteiger partial charge in [-0.1, -0.05) is 20.8 Å². The van der Waals surface area contributed by atoms with Gasteiger partial charge in [-0.2, -0.15) is 9.61 Å². The fourth-order valence-electron chi connectivity index (χ4n) is 3.15. The molecule has 30 heavy (non-hydrogen) atoms. The summed E-state index contributed by atoms with van der Waals surface area (Å²) in [5, 5.41) is 7.61. The summed E-state index contributed by atoms with van der Waals surface area (Å²) >= 11 is 0. The lowest BCUT2D eigenvalue weighted by Crippen LogP contribution is -2.29. The number of pyridine rings is 2. The van der Waals surface area contributed by atoms with Crippen molar-refractivity contribution in [2.45, 2.75) is 39.7 Å². The number of fused-ring (bicyclic) bond motifs is 3. The largest absolute Gasteiger partial charge is 0.309 e. The molecule has 0 bridgehead atoms. The van der Waals surface area contributed by atoms with Gasteiger partial charge < -0.3 is 5.32 Å². The highest BCUT2D eigenvalue weighted by Crippen LogP contribution is 2.23. The summed E-state index contributed by atoms with van der Waals surface area (Å²) in [5.41, 5.74) is 1.91. The Balaban J connectivity index is 1.85. The zero-order valence-corrected chi connectivity index (χ0v) is 17.1. The molecule has 0 saturated carbocycles. The lowest BCUT2D eigenvalue weighted by Gasteiger charge is -2.13. The van der Waals surface area contributed by atoms with Crippen LogP contribution in [-0.2, 0) is 16.8 Å². The van der Waals surface area contributed by atoms with Crippen LogP contribution in [0.1, 0.15) is 32.0 Å². The van der Waals surface area contributed by atoms with E-state index >= 15 is 0 Å². The molecule has 4 heterocycles. The van der Waals surface area contributed by atoms with Crippen LogP contribution in [0.2, 0.25) is 0 Å². The van der Waals surface area contributed by atoms with E-state index in [-0.39, 0.29) is 23.3 Å². The van der Waals surface area contributed by atoms with E-state index in [1.54, 1.807) is 22.8 Å². The van der Waals surface area contributed by atoms with Crippen molar-refractivity contribution in [3.05, 3.63) is 64.1 Å². The van der Waals surface area contributed by atoms with E-state index in [4.69, 9.17) is 0 Å². The number of nitrogens with one attached hydrogen (secondary N) is 1. The van der Waals surface area contributed by atoms with Gasteiger partial charge in [-0.15, -0.1) is 0 Å². The van der Waals surface area contributed by atoms with Crippen molar-refractivity contribution in [2.75, 3.05) is 5.32 Å². The van der Waals surface area contributed by atoms with E-state index < -0.39 is 11.7 Å². The fraction of sp³-hybridized carbons (Fsp3) is 0.286. The van der Waals surface area contributed by atoms with Crippen molar-refractivity contribution in [1.82, 2.24) is 24.1 Å². The third kappa shape index (κ3) is 3.54. The second kappa shape index (κ2) is 7.01. The normalized spacial score (nSPS) is 11.9. The summed E-state index contributed by atoms with van der Waals surface area (Å²) in [5.74, 6) is -0.762. The molecule has 0 unspecified atom stereocenters. The maximum absolute atomic E-state index is 13.2. The van der Waals surface area contributed by atoms with Crippen LogP contribution in [0.5, 0.6) is 0 Å². The average Bonchev–Trinajstić information content (AvgIpc) is 3.13. The maximum Gasteiger partial charge on any atom is 0.263 e. The number of nitrogens with zero attached hydrogens (tertiary/aromatic N) is 5. The smallest absolute Gasteiger partial charge is 0.263 e. The molecule has 0 radical (unpaired) electrons. The van der Waals surface area contributed by atoms with Crippen LogP contribution in [0.3, 0.4) is 0 Å². The molecule has 0 saturated heterocycles. The molecule has 0 aromatic carbocycles. The second-order valence-corrected chi connectivity index (χ2v) is 8.23. The number of amides is 1. The Morgan fingerprint density at radius 1 is 1.17 bits per heavy atom. The Hall–Kier alpha value is -3.62. The van der Waals surface area contributed by atoms with Crippen LogP contribution in [0, 0.1) is 12.7 Å². The van der Waals surface area contributed by atoms with Crippen molar-refractivity contribution in [3.8, 4) is 0 Å². The van der Waals surface area contributed by atoms with Gasteiger partial charge in [0.25, 0.3) is 5.56 Å². The summed E-state index contributed by atoms with van der Waals surface area (Å²) in [6, 6.07) is 6.09. The highest BCUT2D eigenvalue weighted by molar-refractivity contribution is 5.90. The van der Waals surface area contributed by atoms with Gasteiger partial charge in [0.05, 0.1) is 17.3 Å². The molecule has 0 spiro atoms. The Bertz CT molecular complexity index is 1330. The van der Waals surface area contributed by atoms with Crippen LogP contribution < -0.4 is 10.9 Å². The monoisotopic (exact) mass is 408 g/mol. The topological polar surface area (TPSA) is 94.2 Å². The minimum atomic E-state index is -0.503. The van der Waals surface area contributed by atoms with E-state index in [2.05, 4.69) is 20.4 Å². The van der Waals surface area contributed by atoms with Crippen molar-refractivity contribution in [2.24, 2.45) is 0 Å². The summed E-state index contributed by atoms with van der Waals surface area (Å²) in [6.45, 7) is 7.65. The average molecular weight is 408 g/mol. The number of halogens is 1. The van der Waals surface area contributed by atoms with E-state index in [0.29, 0.717) is 16.7 Å². The molecular weight excluding hydrogens is 387 g/mol. The number of aromatic nitrogens is 5. The van der Waals surface area contributed by atoms with Gasteiger partial charge in [0.1, 0.15) is 23.8 Å². The molecule has 8 nitrogen and oxygen atoms in total. The van der Waals surface area contributed by atoms with E-state index in [0.717, 1.165) is 17.5 Å². The SMILES string of the molecule is Cc1cnc2c(c1)c(=O)n(CC(=O)Nc1ccc(F)cn1)c1cc(C(C)(C)C)nn21. The lowest BCUT2D eigenvalue weighted by atomic mass is 9.93. The summed E-state index contributed by atoms with van der Waals surface area (Å²) in [6.07, 6.45) is 2.69. The molecule has 0 aliphatic heterocycles. The molecule has 4 aromatic rings. The highest BCUT2D eigenvalue weighted by Gasteiger charge is 2.22. The van der Waals surface area contributed by atoms with Gasteiger partial charge in [-0.25, -0.2) is 14.4 Å². The van der Waals surface area contributed by atoms with Crippen molar-refractivity contribution in [3.63, 3.8) is 0 Å². The minimum Gasteiger partial charge on any atom is -0.309 e. The lowest BCUT2D eigenvalue weighted by molar-refractivity contribution is -0.116. The predicted molar refractivity (Wildman–Crippen MR) is 111 cm³/mol. The first kappa shape index (κ1) is 19.7. The van der Waals surface area contributed by atoms with Crippen molar-refractivity contribution >= 4 is 28.4 Å². The van der Waals surface area contributed by atoms with E-state index in [1.165, 1.54) is 16.7 Å². The maximum atomic E-state index is 13.2. The predicted octanol–water partition coefficient (Wildman–Crippen LogP) is 2.82. The Morgan fingerprint density at radius 3 is 2.60 bits per heavy atom. The molecule has 1 amide bonds. The number of aryl methyl sites for hydroxylation is 1. The van der Waals surface area contributed by atoms with Crippen LogP contribution in [-0.4, -0.2) is 30.1 Å². The van der Waals surface area contributed by atoms with Crippen LogP contribution in [0.4, 0.5) is 10.2 Å². The van der Waals surface area contributed by atoms with Gasteiger partial charge in [-0.3, -0.25) is 14.2 Å². The first-order valence-electron chi connectivity index (χ1n) is 9.44. The standard InChI is InChI=1S/C21H21FN6O2/c1-12-7-14-19(24-9-12)28-18(8-15(26-28)21(2,3)4)27(20(14)30)11-17(29)25-16-6-5-13(22)10-23-16/h5-10H,11H2,1-4H3,(H,23,25,29). The van der Waals surface area contributed by atoms with Gasteiger partial charge in [0, 0.05) is 17.7 Å². The van der Waals surface area contributed by atoms with Crippen molar-refractivity contribution in [1.29, 1.82) is 0 Å².